The Balaban J connectivity index is 2.17. The molecule has 5 nitrogen and oxygen atoms in total. The van der Waals surface area contributed by atoms with E-state index in [-0.39, 0.29) is 24.1 Å². The zero-order valence-electron chi connectivity index (χ0n) is 12.8. The van der Waals surface area contributed by atoms with Crippen LogP contribution < -0.4 is 15.8 Å². The van der Waals surface area contributed by atoms with Gasteiger partial charge in [0.05, 0.1) is 11.6 Å². The van der Waals surface area contributed by atoms with Gasteiger partial charge in [0.1, 0.15) is 5.75 Å². The molecule has 0 aliphatic carbocycles. The van der Waals surface area contributed by atoms with Crippen LogP contribution in [-0.2, 0) is 17.5 Å². The summed E-state index contributed by atoms with van der Waals surface area (Å²) in [5.74, 6) is -0.242. The number of benzene rings is 1. The van der Waals surface area contributed by atoms with Crippen molar-refractivity contribution in [3.8, 4) is 11.6 Å². The highest BCUT2D eigenvalue weighted by Crippen LogP contribution is 2.32. The lowest BCUT2D eigenvalue weighted by Gasteiger charge is -2.13. The minimum atomic E-state index is -4.46. The Morgan fingerprint density at radius 3 is 2.75 bits per heavy atom. The van der Waals surface area contributed by atoms with Crippen molar-refractivity contribution in [3.05, 3.63) is 53.7 Å². The number of rotatable bonds is 5. The van der Waals surface area contributed by atoms with Gasteiger partial charge in [-0.05, 0) is 31.2 Å². The molecule has 1 heterocycles. The van der Waals surface area contributed by atoms with Crippen LogP contribution in [0.25, 0.3) is 0 Å². The van der Waals surface area contributed by atoms with Gasteiger partial charge in [0.2, 0.25) is 11.8 Å². The molecular formula is C16H16F3N3O2. The summed E-state index contributed by atoms with van der Waals surface area (Å²) in [5, 5.41) is 2.60. The molecule has 0 unspecified atom stereocenters. The maximum Gasteiger partial charge on any atom is 0.416 e. The molecule has 24 heavy (non-hydrogen) atoms. The van der Waals surface area contributed by atoms with Crippen molar-refractivity contribution in [3.63, 3.8) is 0 Å². The smallest absolute Gasteiger partial charge is 0.416 e. The zero-order valence-corrected chi connectivity index (χ0v) is 12.8. The van der Waals surface area contributed by atoms with Crippen LogP contribution in [0.1, 0.15) is 18.1 Å². The van der Waals surface area contributed by atoms with Crippen LogP contribution in [0.15, 0.2) is 42.6 Å². The Morgan fingerprint density at radius 2 is 2.08 bits per heavy atom. The predicted molar refractivity (Wildman–Crippen MR) is 81.3 cm³/mol. The van der Waals surface area contributed by atoms with E-state index < -0.39 is 17.8 Å². The summed E-state index contributed by atoms with van der Waals surface area (Å²) in [5.41, 5.74) is 5.15. The van der Waals surface area contributed by atoms with Gasteiger partial charge >= 0.3 is 6.18 Å². The number of nitrogens with two attached hydrogens (primary N) is 1. The zero-order chi connectivity index (χ0) is 17.7. The molecule has 0 saturated heterocycles. The first-order valence-corrected chi connectivity index (χ1v) is 7.09. The molecule has 0 aliphatic rings. The van der Waals surface area contributed by atoms with Gasteiger partial charge in [-0.1, -0.05) is 12.1 Å². The summed E-state index contributed by atoms with van der Waals surface area (Å²) in [6.07, 6.45) is -3.02. The summed E-state index contributed by atoms with van der Waals surface area (Å²) in [6, 6.07) is 7.10. The first kappa shape index (κ1) is 17.7. The fourth-order valence-corrected chi connectivity index (χ4v) is 1.84. The van der Waals surface area contributed by atoms with Crippen molar-refractivity contribution in [2.24, 2.45) is 5.73 Å². The number of nitrogens with zero attached hydrogens (tertiary/aromatic N) is 1. The van der Waals surface area contributed by atoms with Crippen molar-refractivity contribution in [1.82, 2.24) is 10.3 Å². The van der Waals surface area contributed by atoms with Crippen LogP contribution in [0.5, 0.6) is 11.6 Å². The summed E-state index contributed by atoms with van der Waals surface area (Å²) in [6.45, 7) is 1.64. The van der Waals surface area contributed by atoms with Gasteiger partial charge < -0.3 is 15.8 Å². The van der Waals surface area contributed by atoms with Crippen molar-refractivity contribution >= 4 is 5.91 Å². The van der Waals surface area contributed by atoms with E-state index >= 15 is 0 Å². The standard InChI is InChI=1S/C16H16F3N3O2/c1-10(20)14(23)22-9-11-4-3-7-21-15(11)24-13-6-2-5-12(8-13)16(17,18)19/h2-8,10H,9,20H2,1H3,(H,22,23)/t10-/m0/s1. The molecule has 128 valence electrons. The molecule has 0 spiro atoms. The van der Waals surface area contributed by atoms with Crippen molar-refractivity contribution in [2.75, 3.05) is 0 Å². The van der Waals surface area contributed by atoms with Crippen LogP contribution in [0.3, 0.4) is 0 Å². The monoisotopic (exact) mass is 339 g/mol. The second-order valence-corrected chi connectivity index (χ2v) is 5.10. The number of pyridine rings is 1. The number of ether oxygens (including phenoxy) is 1. The molecule has 1 amide bonds. The number of halogens is 3. The van der Waals surface area contributed by atoms with Crippen molar-refractivity contribution in [2.45, 2.75) is 25.7 Å². The molecule has 3 N–H and O–H groups in total. The number of aromatic nitrogens is 1. The lowest BCUT2D eigenvalue weighted by Crippen LogP contribution is -2.37. The largest absolute Gasteiger partial charge is 0.439 e. The van der Waals surface area contributed by atoms with E-state index in [9.17, 15) is 18.0 Å². The average molecular weight is 339 g/mol. The molecule has 2 aromatic rings. The van der Waals surface area contributed by atoms with Gasteiger partial charge in [-0.3, -0.25) is 4.79 Å². The molecule has 8 heteroatoms. The van der Waals surface area contributed by atoms with Gasteiger partial charge in [0.25, 0.3) is 0 Å². The van der Waals surface area contributed by atoms with Gasteiger partial charge in [0.15, 0.2) is 0 Å². The highest BCUT2D eigenvalue weighted by Gasteiger charge is 2.30. The quantitative estimate of drug-likeness (QED) is 0.878. The molecule has 2 rings (SSSR count). The number of alkyl halides is 3. The normalized spacial score (nSPS) is 12.5. The molecule has 1 aromatic carbocycles. The Kier molecular flexibility index (Phi) is 5.40. The number of hydrogen-bond donors (Lipinski definition) is 2. The van der Waals surface area contributed by atoms with E-state index in [1.807, 2.05) is 0 Å². The molecule has 0 bridgehead atoms. The number of carbonyl (C=O) groups excluding carboxylic acids is 1. The van der Waals surface area contributed by atoms with Gasteiger partial charge in [-0.2, -0.15) is 13.2 Å². The second kappa shape index (κ2) is 7.31. The van der Waals surface area contributed by atoms with Crippen molar-refractivity contribution in [1.29, 1.82) is 0 Å². The SMILES string of the molecule is C[C@H](N)C(=O)NCc1cccnc1Oc1cccc(C(F)(F)F)c1. The fourth-order valence-electron chi connectivity index (χ4n) is 1.84. The third-order valence-corrected chi connectivity index (χ3v) is 3.09. The lowest BCUT2D eigenvalue weighted by molar-refractivity contribution is -0.137. The molecular weight excluding hydrogens is 323 g/mol. The third-order valence-electron chi connectivity index (χ3n) is 3.09. The lowest BCUT2D eigenvalue weighted by atomic mass is 10.2. The van der Waals surface area contributed by atoms with Crippen LogP contribution in [0.2, 0.25) is 0 Å². The first-order valence-electron chi connectivity index (χ1n) is 7.09. The van der Waals surface area contributed by atoms with Crippen LogP contribution in [0.4, 0.5) is 13.2 Å². The Bertz CT molecular complexity index is 718. The topological polar surface area (TPSA) is 77.2 Å². The Labute approximate surface area is 136 Å². The molecule has 0 fully saturated rings. The summed E-state index contributed by atoms with van der Waals surface area (Å²) >= 11 is 0. The minimum Gasteiger partial charge on any atom is -0.439 e. The summed E-state index contributed by atoms with van der Waals surface area (Å²) < 4.78 is 43.7. The molecule has 0 saturated carbocycles. The number of carbonyl (C=O) groups is 1. The van der Waals surface area contributed by atoms with E-state index in [0.717, 1.165) is 12.1 Å². The summed E-state index contributed by atoms with van der Waals surface area (Å²) in [4.78, 5) is 15.5. The molecule has 1 aromatic heterocycles. The minimum absolute atomic E-state index is 0.00305. The highest BCUT2D eigenvalue weighted by atomic mass is 19.4. The van der Waals surface area contributed by atoms with Gasteiger partial charge in [-0.15, -0.1) is 0 Å². The van der Waals surface area contributed by atoms with Crippen LogP contribution >= 0.6 is 0 Å². The average Bonchev–Trinajstić information content (AvgIpc) is 2.53. The van der Waals surface area contributed by atoms with Crippen LogP contribution in [0, 0.1) is 0 Å². The van der Waals surface area contributed by atoms with Crippen LogP contribution in [-0.4, -0.2) is 16.9 Å². The van der Waals surface area contributed by atoms with Gasteiger partial charge in [0, 0.05) is 18.3 Å². The fraction of sp³-hybridized carbons (Fsp3) is 0.250. The molecule has 0 radical (unpaired) electrons. The Hall–Kier alpha value is -2.61. The third kappa shape index (κ3) is 4.69. The van der Waals surface area contributed by atoms with E-state index in [0.29, 0.717) is 5.56 Å². The molecule has 0 aliphatic heterocycles. The molecule has 1 atom stereocenters. The second-order valence-electron chi connectivity index (χ2n) is 5.10. The highest BCUT2D eigenvalue weighted by molar-refractivity contribution is 5.80. The van der Waals surface area contributed by atoms with E-state index in [4.69, 9.17) is 10.5 Å². The number of nitrogens with one attached hydrogen (secondary N) is 1. The number of amides is 1. The van der Waals surface area contributed by atoms with Crippen molar-refractivity contribution < 1.29 is 22.7 Å². The van der Waals surface area contributed by atoms with Gasteiger partial charge in [-0.25, -0.2) is 4.98 Å². The first-order chi connectivity index (χ1) is 11.3. The van der Waals surface area contributed by atoms with E-state index in [1.165, 1.54) is 18.3 Å². The Morgan fingerprint density at radius 1 is 1.33 bits per heavy atom. The van der Waals surface area contributed by atoms with E-state index in [2.05, 4.69) is 10.3 Å². The summed E-state index contributed by atoms with van der Waals surface area (Å²) in [7, 11) is 0. The number of hydrogen-bond acceptors (Lipinski definition) is 4. The maximum absolute atomic E-state index is 12.7. The maximum atomic E-state index is 12.7. The predicted octanol–water partition coefficient (Wildman–Crippen LogP) is 2.86. The van der Waals surface area contributed by atoms with E-state index in [1.54, 1.807) is 19.1 Å².